The fraction of sp³-hybridized carbons (Fsp3) is 0. The first-order chi connectivity index (χ1) is 8.00. The summed E-state index contributed by atoms with van der Waals surface area (Å²) in [5, 5.41) is 0.721. The molecule has 0 heterocycles. The molecule has 1 atom stereocenters. The van der Waals surface area contributed by atoms with E-state index in [1.165, 1.54) is 18.2 Å². The van der Waals surface area contributed by atoms with Crippen LogP contribution in [0.25, 0.3) is 0 Å². The molecule has 0 amide bonds. The summed E-state index contributed by atoms with van der Waals surface area (Å²) in [6.07, 6.45) is 0. The Hall–Kier alpha value is -0.662. The van der Waals surface area contributed by atoms with E-state index in [1.807, 2.05) is 0 Å². The molecule has 0 saturated heterocycles. The summed E-state index contributed by atoms with van der Waals surface area (Å²) in [5.41, 5.74) is 0. The van der Waals surface area contributed by atoms with Gasteiger partial charge in [-0.25, -0.2) is 0 Å². The zero-order valence-corrected chi connectivity index (χ0v) is 12.1. The van der Waals surface area contributed by atoms with Crippen molar-refractivity contribution in [2.75, 3.05) is 0 Å². The molecule has 2 aromatic rings. The van der Waals surface area contributed by atoms with E-state index in [9.17, 15) is 7.84 Å². The fourth-order valence-corrected chi connectivity index (χ4v) is 5.50. The van der Waals surface area contributed by atoms with Crippen molar-refractivity contribution in [3.8, 4) is 0 Å². The molecule has 0 spiro atoms. The van der Waals surface area contributed by atoms with Crippen molar-refractivity contribution in [2.24, 2.45) is 0 Å². The van der Waals surface area contributed by atoms with Gasteiger partial charge in [0.05, 0.1) is 0 Å². The van der Waals surface area contributed by atoms with Crippen LogP contribution in [0.4, 0.5) is 0 Å². The van der Waals surface area contributed by atoms with Gasteiger partial charge >= 0.3 is 112 Å². The SMILES string of the molecule is O=[As](O)(c1ccccc1)c1cc(Cl)cc(Cl)c1. The van der Waals surface area contributed by atoms with Gasteiger partial charge in [-0.1, -0.05) is 0 Å². The number of halogens is 2. The zero-order valence-electron chi connectivity index (χ0n) is 8.68. The standard InChI is InChI=1S/C12H9AsCl2O2/c14-11-6-10(7-12(15)8-11)13(16,17)9-4-2-1-3-5-9/h1-8H,(H,16,17). The molecule has 0 radical (unpaired) electrons. The van der Waals surface area contributed by atoms with E-state index in [0.29, 0.717) is 18.7 Å². The van der Waals surface area contributed by atoms with Crippen molar-refractivity contribution >= 4 is 45.7 Å². The van der Waals surface area contributed by atoms with E-state index < -0.39 is 13.8 Å². The zero-order chi connectivity index (χ0) is 12.5. The molecular weight excluding hydrogens is 322 g/mol. The molecule has 17 heavy (non-hydrogen) atoms. The second-order valence-electron chi connectivity index (χ2n) is 3.54. The Morgan fingerprint density at radius 2 is 1.41 bits per heavy atom. The van der Waals surface area contributed by atoms with Gasteiger partial charge in [-0.2, -0.15) is 0 Å². The van der Waals surface area contributed by atoms with Gasteiger partial charge in [0.2, 0.25) is 0 Å². The number of benzene rings is 2. The Balaban J connectivity index is 2.56. The van der Waals surface area contributed by atoms with Crippen LogP contribution in [0.5, 0.6) is 0 Å². The molecule has 0 aromatic heterocycles. The Morgan fingerprint density at radius 3 is 1.94 bits per heavy atom. The molecule has 88 valence electrons. The predicted octanol–water partition coefficient (Wildman–Crippen LogP) is 1.97. The quantitative estimate of drug-likeness (QED) is 0.855. The fourth-order valence-electron chi connectivity index (χ4n) is 1.49. The van der Waals surface area contributed by atoms with Gasteiger partial charge in [0.15, 0.2) is 0 Å². The van der Waals surface area contributed by atoms with Gasteiger partial charge in [-0.05, 0) is 0 Å². The van der Waals surface area contributed by atoms with Crippen LogP contribution in [-0.2, 0) is 3.74 Å². The maximum absolute atomic E-state index is 12.4. The van der Waals surface area contributed by atoms with Crippen LogP contribution in [0.15, 0.2) is 48.5 Å². The molecule has 5 heteroatoms. The second-order valence-corrected chi connectivity index (χ2v) is 9.00. The molecule has 0 bridgehead atoms. The van der Waals surface area contributed by atoms with Crippen molar-refractivity contribution in [3.63, 3.8) is 0 Å². The monoisotopic (exact) mass is 330 g/mol. The molecule has 0 fully saturated rings. The van der Waals surface area contributed by atoms with Crippen LogP contribution < -0.4 is 8.70 Å². The molecule has 0 saturated carbocycles. The third kappa shape index (κ3) is 2.78. The Kier molecular flexibility index (Phi) is 3.69. The summed E-state index contributed by atoms with van der Waals surface area (Å²) in [4.78, 5) is 0. The number of rotatable bonds is 2. The van der Waals surface area contributed by atoms with E-state index in [1.54, 1.807) is 30.3 Å². The van der Waals surface area contributed by atoms with Crippen LogP contribution in [0.3, 0.4) is 0 Å². The molecule has 1 N–H and O–H groups in total. The topological polar surface area (TPSA) is 37.3 Å². The predicted molar refractivity (Wildman–Crippen MR) is 70.8 cm³/mol. The summed E-state index contributed by atoms with van der Waals surface area (Å²) in [5.74, 6) is 0. The van der Waals surface area contributed by atoms with Crippen molar-refractivity contribution < 1.29 is 7.84 Å². The van der Waals surface area contributed by atoms with Gasteiger partial charge in [0.25, 0.3) is 0 Å². The third-order valence-electron chi connectivity index (χ3n) is 2.30. The molecule has 2 aromatic carbocycles. The van der Waals surface area contributed by atoms with Crippen LogP contribution in [0.2, 0.25) is 10.0 Å². The van der Waals surface area contributed by atoms with Crippen molar-refractivity contribution in [1.29, 1.82) is 0 Å². The Bertz CT molecular complexity index is 564. The molecule has 0 aliphatic heterocycles. The minimum atomic E-state index is -4.31. The number of hydrogen-bond donors (Lipinski definition) is 1. The average Bonchev–Trinajstić information content (AvgIpc) is 2.29. The first kappa shape index (κ1) is 12.8. The van der Waals surface area contributed by atoms with Crippen molar-refractivity contribution in [1.82, 2.24) is 0 Å². The molecule has 2 nitrogen and oxygen atoms in total. The van der Waals surface area contributed by atoms with Gasteiger partial charge < -0.3 is 0 Å². The van der Waals surface area contributed by atoms with Crippen LogP contribution in [0.1, 0.15) is 0 Å². The summed E-state index contributed by atoms with van der Waals surface area (Å²) < 4.78 is 23.3. The third-order valence-corrected chi connectivity index (χ3v) is 6.84. The molecule has 0 aliphatic rings. The van der Waals surface area contributed by atoms with Gasteiger partial charge in [-0.15, -0.1) is 0 Å². The molecule has 0 aliphatic carbocycles. The van der Waals surface area contributed by atoms with E-state index in [0.717, 1.165) is 0 Å². The van der Waals surface area contributed by atoms with E-state index in [4.69, 9.17) is 23.2 Å². The first-order valence-electron chi connectivity index (χ1n) is 4.85. The van der Waals surface area contributed by atoms with E-state index >= 15 is 0 Å². The van der Waals surface area contributed by atoms with Crippen molar-refractivity contribution in [3.05, 3.63) is 58.6 Å². The maximum atomic E-state index is 12.4. The van der Waals surface area contributed by atoms with Gasteiger partial charge in [-0.3, -0.25) is 0 Å². The number of hydrogen-bond acceptors (Lipinski definition) is 1. The van der Waals surface area contributed by atoms with Crippen molar-refractivity contribution in [2.45, 2.75) is 0 Å². The Labute approximate surface area is 112 Å². The molecule has 1 unspecified atom stereocenters. The van der Waals surface area contributed by atoms with Crippen LogP contribution in [-0.4, -0.2) is 17.9 Å². The van der Waals surface area contributed by atoms with Gasteiger partial charge in [0.1, 0.15) is 0 Å². The van der Waals surface area contributed by atoms with Gasteiger partial charge in [0, 0.05) is 0 Å². The van der Waals surface area contributed by atoms with E-state index in [2.05, 4.69) is 0 Å². The first-order valence-corrected chi connectivity index (χ1v) is 9.09. The minimum absolute atomic E-state index is 0.298. The summed E-state index contributed by atoms with van der Waals surface area (Å²) in [6.45, 7) is 0. The Morgan fingerprint density at radius 1 is 0.882 bits per heavy atom. The molecular formula is C12H9AsCl2O2. The normalized spacial score (nSPS) is 14.3. The molecule has 2 rings (SSSR count). The second kappa shape index (κ2) is 4.91. The summed E-state index contributed by atoms with van der Waals surface area (Å²) >= 11 is 7.36. The van der Waals surface area contributed by atoms with Crippen LogP contribution >= 0.6 is 23.2 Å². The summed E-state index contributed by atoms with van der Waals surface area (Å²) in [7, 11) is 0. The van der Waals surface area contributed by atoms with Crippen LogP contribution in [0, 0.1) is 0 Å². The van der Waals surface area contributed by atoms with E-state index in [-0.39, 0.29) is 0 Å². The average molecular weight is 331 g/mol. The summed E-state index contributed by atoms with van der Waals surface area (Å²) in [6, 6.07) is 13.0.